The number of para-hydroxylation sites is 1. The maximum atomic E-state index is 12.5. The zero-order valence-electron chi connectivity index (χ0n) is 16.3. The van der Waals surface area contributed by atoms with Gasteiger partial charge in [-0.2, -0.15) is 0 Å². The van der Waals surface area contributed by atoms with Crippen molar-refractivity contribution in [2.24, 2.45) is 0 Å². The number of hydrogen-bond acceptors (Lipinski definition) is 5. The lowest BCUT2D eigenvalue weighted by Crippen LogP contribution is -2.16. The predicted octanol–water partition coefficient (Wildman–Crippen LogP) is 4.22. The van der Waals surface area contributed by atoms with Crippen molar-refractivity contribution >= 4 is 17.4 Å². The molecule has 0 bridgehead atoms. The molecule has 0 spiro atoms. The molecule has 0 aliphatic heterocycles. The van der Waals surface area contributed by atoms with E-state index in [9.17, 15) is 4.79 Å². The molecule has 2 N–H and O–H groups in total. The lowest BCUT2D eigenvalue weighted by molar-refractivity contribution is 0.102. The van der Waals surface area contributed by atoms with Crippen molar-refractivity contribution < 1.29 is 9.53 Å². The zero-order valence-corrected chi connectivity index (χ0v) is 16.3. The van der Waals surface area contributed by atoms with Crippen molar-refractivity contribution in [2.45, 2.75) is 26.8 Å². The molecule has 0 saturated heterocycles. The molecule has 0 unspecified atom stereocenters. The molecular formula is C22H24N4O2. The highest BCUT2D eigenvalue weighted by Gasteiger charge is 2.12. The van der Waals surface area contributed by atoms with Gasteiger partial charge in [-0.3, -0.25) is 4.79 Å². The summed E-state index contributed by atoms with van der Waals surface area (Å²) in [5.41, 5.74) is 4.34. The normalized spacial score (nSPS) is 10.4. The standard InChI is InChI=1S/C22H24N4O2/c1-4-17-7-5-6-15(2)21(17)24-22(27)19-12-13-20(26-25-19)23-14-16-8-10-18(28-3)11-9-16/h5-13H,4,14H2,1-3H3,(H,23,26)(H,24,27). The molecule has 3 aromatic rings. The first kappa shape index (κ1) is 19.4. The third-order valence-corrected chi connectivity index (χ3v) is 4.51. The van der Waals surface area contributed by atoms with Crippen LogP contribution < -0.4 is 15.4 Å². The molecule has 0 radical (unpaired) electrons. The average Bonchev–Trinajstić information content (AvgIpc) is 2.74. The molecule has 1 aromatic heterocycles. The summed E-state index contributed by atoms with van der Waals surface area (Å²) in [6, 6.07) is 17.2. The number of aryl methyl sites for hydroxylation is 2. The summed E-state index contributed by atoms with van der Waals surface area (Å²) in [6.45, 7) is 4.65. The van der Waals surface area contributed by atoms with E-state index in [4.69, 9.17) is 4.74 Å². The van der Waals surface area contributed by atoms with Gasteiger partial charge < -0.3 is 15.4 Å². The molecule has 3 rings (SSSR count). The number of methoxy groups -OCH3 is 1. The number of nitrogens with one attached hydrogen (secondary N) is 2. The maximum Gasteiger partial charge on any atom is 0.276 e. The molecular weight excluding hydrogens is 352 g/mol. The molecule has 2 aromatic carbocycles. The second kappa shape index (κ2) is 8.99. The van der Waals surface area contributed by atoms with E-state index in [1.807, 2.05) is 49.4 Å². The second-order valence-electron chi connectivity index (χ2n) is 6.42. The van der Waals surface area contributed by atoms with Gasteiger partial charge in [-0.25, -0.2) is 0 Å². The van der Waals surface area contributed by atoms with E-state index in [-0.39, 0.29) is 11.6 Å². The number of rotatable bonds is 7. The molecule has 1 amide bonds. The number of ether oxygens (including phenoxy) is 1. The SMILES string of the molecule is CCc1cccc(C)c1NC(=O)c1ccc(NCc2ccc(OC)cc2)nn1. The molecule has 6 heteroatoms. The van der Waals surface area contributed by atoms with E-state index in [1.165, 1.54) is 0 Å². The van der Waals surface area contributed by atoms with Crippen LogP contribution in [0.1, 0.15) is 34.1 Å². The van der Waals surface area contributed by atoms with Gasteiger partial charge in [0, 0.05) is 12.2 Å². The molecule has 144 valence electrons. The number of aromatic nitrogens is 2. The van der Waals surface area contributed by atoms with E-state index in [1.54, 1.807) is 19.2 Å². The van der Waals surface area contributed by atoms with Gasteiger partial charge in [0.2, 0.25) is 0 Å². The smallest absolute Gasteiger partial charge is 0.276 e. The van der Waals surface area contributed by atoms with Gasteiger partial charge in [0.25, 0.3) is 5.91 Å². The van der Waals surface area contributed by atoms with Crippen LogP contribution >= 0.6 is 0 Å². The van der Waals surface area contributed by atoms with Crippen molar-refractivity contribution in [3.63, 3.8) is 0 Å². The van der Waals surface area contributed by atoms with E-state index in [0.29, 0.717) is 12.4 Å². The Labute approximate surface area is 165 Å². The average molecular weight is 376 g/mol. The monoisotopic (exact) mass is 376 g/mol. The number of nitrogens with zero attached hydrogens (tertiary/aromatic N) is 2. The van der Waals surface area contributed by atoms with Gasteiger partial charge in [-0.1, -0.05) is 37.3 Å². The fourth-order valence-electron chi connectivity index (χ4n) is 2.86. The van der Waals surface area contributed by atoms with Crippen LogP contribution in [0.4, 0.5) is 11.5 Å². The predicted molar refractivity (Wildman–Crippen MR) is 111 cm³/mol. The number of carbonyl (C=O) groups excluding carboxylic acids is 1. The number of amides is 1. The molecule has 0 saturated carbocycles. The minimum atomic E-state index is -0.266. The Morgan fingerprint density at radius 1 is 1.04 bits per heavy atom. The Hall–Kier alpha value is -3.41. The molecule has 28 heavy (non-hydrogen) atoms. The van der Waals surface area contributed by atoms with Crippen LogP contribution in [0.5, 0.6) is 5.75 Å². The summed E-state index contributed by atoms with van der Waals surface area (Å²) >= 11 is 0. The van der Waals surface area contributed by atoms with E-state index in [0.717, 1.165) is 34.5 Å². The van der Waals surface area contributed by atoms with Gasteiger partial charge >= 0.3 is 0 Å². The molecule has 0 aliphatic carbocycles. The lowest BCUT2D eigenvalue weighted by atomic mass is 10.1. The minimum absolute atomic E-state index is 0.266. The Kier molecular flexibility index (Phi) is 6.22. The maximum absolute atomic E-state index is 12.5. The zero-order chi connectivity index (χ0) is 19.9. The minimum Gasteiger partial charge on any atom is -0.497 e. The Morgan fingerprint density at radius 3 is 2.46 bits per heavy atom. The van der Waals surface area contributed by atoms with Crippen molar-refractivity contribution in [3.8, 4) is 5.75 Å². The summed E-state index contributed by atoms with van der Waals surface area (Å²) in [5.74, 6) is 1.16. The molecule has 0 atom stereocenters. The topological polar surface area (TPSA) is 76.1 Å². The van der Waals surface area contributed by atoms with Crippen LogP contribution in [-0.4, -0.2) is 23.2 Å². The first-order chi connectivity index (χ1) is 13.6. The van der Waals surface area contributed by atoms with Gasteiger partial charge in [0.05, 0.1) is 7.11 Å². The number of hydrogen-bond donors (Lipinski definition) is 2. The highest BCUT2D eigenvalue weighted by Crippen LogP contribution is 2.21. The first-order valence-corrected chi connectivity index (χ1v) is 9.21. The number of benzene rings is 2. The van der Waals surface area contributed by atoms with Gasteiger partial charge in [0.1, 0.15) is 11.6 Å². The van der Waals surface area contributed by atoms with Gasteiger partial charge in [-0.05, 0) is 54.3 Å². The third-order valence-electron chi connectivity index (χ3n) is 4.51. The quantitative estimate of drug-likeness (QED) is 0.646. The fourth-order valence-corrected chi connectivity index (χ4v) is 2.86. The molecule has 1 heterocycles. The Morgan fingerprint density at radius 2 is 1.82 bits per heavy atom. The molecule has 0 aliphatic rings. The van der Waals surface area contributed by atoms with Crippen LogP contribution in [0.25, 0.3) is 0 Å². The van der Waals surface area contributed by atoms with Crippen LogP contribution in [0, 0.1) is 6.92 Å². The molecule has 0 fully saturated rings. The first-order valence-electron chi connectivity index (χ1n) is 9.21. The van der Waals surface area contributed by atoms with Crippen LogP contribution in [0.2, 0.25) is 0 Å². The summed E-state index contributed by atoms with van der Waals surface area (Å²) in [7, 11) is 1.64. The highest BCUT2D eigenvalue weighted by atomic mass is 16.5. The van der Waals surface area contributed by atoms with Gasteiger partial charge in [0.15, 0.2) is 5.69 Å². The van der Waals surface area contributed by atoms with E-state index >= 15 is 0 Å². The van der Waals surface area contributed by atoms with Crippen LogP contribution in [0.3, 0.4) is 0 Å². The summed E-state index contributed by atoms with van der Waals surface area (Å²) in [5, 5.41) is 14.3. The number of anilines is 2. The van der Waals surface area contributed by atoms with Crippen LogP contribution in [0.15, 0.2) is 54.6 Å². The second-order valence-corrected chi connectivity index (χ2v) is 6.42. The van der Waals surface area contributed by atoms with Crippen molar-refractivity contribution in [2.75, 3.05) is 17.7 Å². The fraction of sp³-hybridized carbons (Fsp3) is 0.227. The third kappa shape index (κ3) is 4.65. The van der Waals surface area contributed by atoms with Crippen molar-refractivity contribution in [1.29, 1.82) is 0 Å². The van der Waals surface area contributed by atoms with Crippen molar-refractivity contribution in [1.82, 2.24) is 10.2 Å². The number of carbonyl (C=O) groups is 1. The lowest BCUT2D eigenvalue weighted by Gasteiger charge is -2.12. The van der Waals surface area contributed by atoms with Gasteiger partial charge in [-0.15, -0.1) is 10.2 Å². The summed E-state index contributed by atoms with van der Waals surface area (Å²) in [6.07, 6.45) is 0.844. The van der Waals surface area contributed by atoms with E-state index in [2.05, 4.69) is 27.8 Å². The Balaban J connectivity index is 1.62. The highest BCUT2D eigenvalue weighted by molar-refractivity contribution is 6.03. The van der Waals surface area contributed by atoms with Crippen LogP contribution in [-0.2, 0) is 13.0 Å². The van der Waals surface area contributed by atoms with Crippen molar-refractivity contribution in [3.05, 3.63) is 77.0 Å². The summed E-state index contributed by atoms with van der Waals surface area (Å²) < 4.78 is 5.15. The Bertz CT molecular complexity index is 938. The largest absolute Gasteiger partial charge is 0.497 e. The summed E-state index contributed by atoms with van der Waals surface area (Å²) in [4.78, 5) is 12.5. The molecule has 6 nitrogen and oxygen atoms in total. The van der Waals surface area contributed by atoms with E-state index < -0.39 is 0 Å².